The molecule has 0 unspecified atom stereocenters. The first kappa shape index (κ1) is 72.0. The number of nitrogens with two attached hydrogens (primary N) is 2. The number of rotatable bonds is 3. The Morgan fingerprint density at radius 1 is 0.562 bits per heavy atom. The number of hydrogen-bond acceptors (Lipinski definition) is 7. The molecule has 0 aromatic rings. The standard InChI is InChI=1S/C12H24N2.C12H21NO.C8H16NO.C7H15N.C7H12O.C2H5.CH4.I3.3HI.V/c1-10-2-4-12(5-3-10)14-8-6-11(13)7-9-14;1-10-2-4-11(5-3-10)13-8-6-12(14)7-9-13;1-3-9(2)6-4-8(10)5-7-9;2*1-6-2-4-7(8)5-3-6;1-2;;1-3-2;;;;/h10-12H,2-9,13H2,1H3;10-11H,2-9H2,1H3;3-7H2,1-2H3;6-7H,2-5,8H2,1H3;6H,2-5H2,1H3;1H2,2H3;1H4;;3*1H;/q;;+1;;;-1;;-1;;;;+2/p-3. The van der Waals surface area contributed by atoms with Crippen molar-refractivity contribution in [1.82, 2.24) is 9.80 Å². The van der Waals surface area contributed by atoms with E-state index in [-0.39, 0.29) is 31.4 Å². The molecule has 0 spiro atoms. The van der Waals surface area contributed by atoms with E-state index in [2.05, 4.69) is 136 Å². The van der Waals surface area contributed by atoms with E-state index < -0.39 is 0 Å². The van der Waals surface area contributed by atoms with Crippen molar-refractivity contribution >= 4 is 94.5 Å². The van der Waals surface area contributed by atoms with Crippen LogP contribution < -0.4 is 48.7 Å². The molecule has 0 aromatic carbocycles. The van der Waals surface area contributed by atoms with Crippen LogP contribution in [0.1, 0.15) is 190 Å². The van der Waals surface area contributed by atoms with E-state index in [0.717, 1.165) is 124 Å². The van der Waals surface area contributed by atoms with Crippen LogP contribution in [0.5, 0.6) is 0 Å². The van der Waals surface area contributed by atoms with Gasteiger partial charge in [-0.1, -0.05) is 35.1 Å². The number of nitrogens with zero attached hydrogens (tertiary/aromatic N) is 3. The normalized spacial score (nSPS) is 28.5. The molecular formula is C49H97I6N5O3V-2. The zero-order valence-corrected chi connectivity index (χ0v) is 55.1. The zero-order chi connectivity index (χ0) is 46.9. The number of halogens is 6. The first-order chi connectivity index (χ1) is 29.6. The molecule has 0 radical (unpaired) electrons. The van der Waals surface area contributed by atoms with Crippen LogP contribution in [0.25, 0.3) is 0 Å². The van der Waals surface area contributed by atoms with E-state index >= 15 is 0 Å². The predicted molar refractivity (Wildman–Crippen MR) is 300 cm³/mol. The third-order valence-electron chi connectivity index (χ3n) is 14.5. The van der Waals surface area contributed by atoms with Crippen LogP contribution >= 0.6 is 77.2 Å². The molecule has 385 valence electrons. The molecule has 0 atom stereocenters. The molecule has 3 saturated heterocycles. The van der Waals surface area contributed by atoms with Crippen LogP contribution in [0.4, 0.5) is 0 Å². The molecule has 7 fully saturated rings. The van der Waals surface area contributed by atoms with Crippen molar-refractivity contribution in [3.63, 3.8) is 0 Å². The van der Waals surface area contributed by atoms with Crippen molar-refractivity contribution < 1.29 is 65.6 Å². The van der Waals surface area contributed by atoms with Gasteiger partial charge in [0.15, 0.2) is 0 Å². The van der Waals surface area contributed by atoms with E-state index in [4.69, 9.17) is 11.5 Å². The summed E-state index contributed by atoms with van der Waals surface area (Å²) < 4.78 is 1.09. The van der Waals surface area contributed by atoms with E-state index in [1.807, 2.05) is 0 Å². The minimum atomic E-state index is 0. The summed E-state index contributed by atoms with van der Waals surface area (Å²) in [7, 11) is 2.86. The molecule has 4 N–H and O–H groups in total. The molecule has 0 amide bonds. The summed E-state index contributed by atoms with van der Waals surface area (Å²) in [5.41, 5.74) is 11.6. The minimum absolute atomic E-state index is 0. The molecule has 0 aromatic heterocycles. The average molecular weight is 1620 g/mol. The van der Waals surface area contributed by atoms with Gasteiger partial charge in [-0.05, 0) is 146 Å². The summed E-state index contributed by atoms with van der Waals surface area (Å²) in [6.45, 7) is 24.3. The molecule has 7 aliphatic rings. The number of ketones is 3. The molecule has 8 nitrogen and oxygen atoms in total. The van der Waals surface area contributed by atoms with Gasteiger partial charge in [-0.15, -0.1) is 0 Å². The second-order valence-electron chi connectivity index (χ2n) is 19.6. The SMILES string of the molecule is C.CC1CCC(=O)CC1.CC1CCC(N)CC1.CC1CCC(N2CCC(=O)CC2)CC1.CC1CCC(N2CCC(N)CC2)CC1.CC[N+]1(C)CCC(=O)CC1.I[I-]I.[CH2-]C.[I-].[I][V][I]. The van der Waals surface area contributed by atoms with Gasteiger partial charge in [0.1, 0.15) is 17.3 Å². The summed E-state index contributed by atoms with van der Waals surface area (Å²) in [5.74, 6) is 5.01. The first-order valence-electron chi connectivity index (χ1n) is 24.5. The molecular weight excluding hydrogens is 1520 g/mol. The third-order valence-corrected chi connectivity index (χ3v) is 14.5. The number of quaternary nitrogens is 1. The second-order valence-corrected chi connectivity index (χ2v) is 47.6. The molecule has 7 rings (SSSR count). The summed E-state index contributed by atoms with van der Waals surface area (Å²) >= 11 is 10.0. The maximum atomic E-state index is 11.1. The molecule has 15 heteroatoms. The van der Waals surface area contributed by atoms with Crippen molar-refractivity contribution in [3.8, 4) is 0 Å². The van der Waals surface area contributed by atoms with Gasteiger partial charge in [0, 0.05) is 62.9 Å². The van der Waals surface area contributed by atoms with E-state index in [0.29, 0.717) is 52.2 Å². The Bertz CT molecular complexity index is 1060. The Balaban J connectivity index is -0.000000703. The fourth-order valence-corrected chi connectivity index (χ4v) is 9.35. The van der Waals surface area contributed by atoms with E-state index in [9.17, 15) is 14.4 Å². The number of likely N-dealkylation sites (tertiary alicyclic amines) is 3. The van der Waals surface area contributed by atoms with Gasteiger partial charge >= 0.3 is 99.9 Å². The van der Waals surface area contributed by atoms with E-state index in [1.54, 1.807) is 6.92 Å². The number of carbonyl (C=O) groups is 3. The summed E-state index contributed by atoms with van der Waals surface area (Å²) in [5, 5.41) is 0. The Morgan fingerprint density at radius 2 is 0.844 bits per heavy atom. The molecule has 0 bridgehead atoms. The molecule has 3 heterocycles. The number of hydrogen-bond donors (Lipinski definition) is 2. The Labute approximate surface area is 472 Å². The molecule has 3 aliphatic heterocycles. The van der Waals surface area contributed by atoms with Crippen LogP contribution in [0.3, 0.4) is 0 Å². The number of Topliss-reactive ketones (excluding diaryl/α,β-unsaturated/α-hetero) is 3. The maximum absolute atomic E-state index is 11.1. The van der Waals surface area contributed by atoms with Gasteiger partial charge in [0.2, 0.25) is 0 Å². The number of piperidine rings is 3. The Kier molecular flexibility index (Phi) is 51.1. The monoisotopic (exact) mass is 1620 g/mol. The van der Waals surface area contributed by atoms with Gasteiger partial charge in [0.05, 0.1) is 39.5 Å². The van der Waals surface area contributed by atoms with Crippen LogP contribution in [0.2, 0.25) is 0 Å². The first-order valence-corrected chi connectivity index (χ1v) is 46.0. The Hall–Kier alpha value is 3.77. The van der Waals surface area contributed by atoms with Gasteiger partial charge in [-0.25, -0.2) is 0 Å². The van der Waals surface area contributed by atoms with E-state index in [1.165, 1.54) is 103 Å². The van der Waals surface area contributed by atoms with Gasteiger partial charge in [-0.3, -0.25) is 19.3 Å². The van der Waals surface area contributed by atoms with Gasteiger partial charge in [-0.2, -0.15) is 6.92 Å². The van der Waals surface area contributed by atoms with Crippen molar-refractivity contribution in [2.24, 2.45) is 35.1 Å². The van der Waals surface area contributed by atoms with Crippen molar-refractivity contribution in [2.45, 2.75) is 214 Å². The molecule has 4 aliphatic carbocycles. The van der Waals surface area contributed by atoms with Crippen LogP contribution in [-0.4, -0.2) is 109 Å². The van der Waals surface area contributed by atoms with Crippen molar-refractivity contribution in [1.29, 1.82) is 0 Å². The number of carbonyl (C=O) groups excluding carboxylic acids is 3. The van der Waals surface area contributed by atoms with Crippen molar-refractivity contribution in [3.05, 3.63) is 6.92 Å². The molecule has 64 heavy (non-hydrogen) atoms. The van der Waals surface area contributed by atoms with Crippen LogP contribution in [0, 0.1) is 30.6 Å². The topological polar surface area (TPSA) is 110 Å². The zero-order valence-electron chi connectivity index (χ0n) is 40.8. The predicted octanol–water partition coefficient (Wildman–Crippen LogP) is 7.35. The average Bonchev–Trinajstić information content (AvgIpc) is 3.27. The van der Waals surface area contributed by atoms with Gasteiger partial charge < -0.3 is 51.8 Å². The third kappa shape index (κ3) is 36.7. The van der Waals surface area contributed by atoms with Crippen LogP contribution in [0.15, 0.2) is 0 Å². The van der Waals surface area contributed by atoms with Gasteiger partial charge in [0.25, 0.3) is 0 Å². The van der Waals surface area contributed by atoms with Crippen molar-refractivity contribution in [2.75, 3.05) is 52.9 Å². The molecule has 4 saturated carbocycles. The Morgan fingerprint density at radius 3 is 1.17 bits per heavy atom. The fraction of sp³-hybridized carbons (Fsp3) is 0.918. The fourth-order valence-electron chi connectivity index (χ4n) is 9.35. The summed E-state index contributed by atoms with van der Waals surface area (Å²) in [6.07, 6.45) is 25.9. The summed E-state index contributed by atoms with van der Waals surface area (Å²) in [4.78, 5) is 37.8. The van der Waals surface area contributed by atoms with Crippen LogP contribution in [-0.2, 0) is 23.8 Å². The quantitative estimate of drug-likeness (QED) is 0.173. The second kappa shape index (κ2) is 45.4. The summed E-state index contributed by atoms with van der Waals surface area (Å²) in [6, 6.07) is 2.68.